The molecule has 1 amide bonds. The highest BCUT2D eigenvalue weighted by atomic mass is 35.5. The van der Waals surface area contributed by atoms with E-state index in [4.69, 9.17) is 16.3 Å². The van der Waals surface area contributed by atoms with Crippen molar-refractivity contribution >= 4 is 17.5 Å². The molecule has 0 aliphatic carbocycles. The van der Waals surface area contributed by atoms with E-state index < -0.39 is 0 Å². The molecule has 2 rings (SSSR count). The van der Waals surface area contributed by atoms with E-state index in [9.17, 15) is 4.79 Å². The number of carbonyl (C=O) groups excluding carboxylic acids is 1. The van der Waals surface area contributed by atoms with Gasteiger partial charge in [-0.15, -0.1) is 0 Å². The van der Waals surface area contributed by atoms with E-state index in [1.807, 2.05) is 17.0 Å². The van der Waals surface area contributed by atoms with Gasteiger partial charge in [0.15, 0.2) is 0 Å². The van der Waals surface area contributed by atoms with E-state index in [0.29, 0.717) is 16.3 Å². The second kappa shape index (κ2) is 6.49. The van der Waals surface area contributed by atoms with Crippen LogP contribution in [0, 0.1) is 0 Å². The van der Waals surface area contributed by atoms with Crippen LogP contribution in [0.15, 0.2) is 12.1 Å². The van der Waals surface area contributed by atoms with Gasteiger partial charge in [-0.2, -0.15) is 0 Å². The molecule has 22 heavy (non-hydrogen) atoms. The smallest absolute Gasteiger partial charge is 0.257 e. The van der Waals surface area contributed by atoms with Crippen LogP contribution in [0.2, 0.25) is 5.02 Å². The van der Waals surface area contributed by atoms with E-state index in [1.165, 1.54) is 6.42 Å². The summed E-state index contributed by atoms with van der Waals surface area (Å²) in [5, 5.41) is 0.503. The van der Waals surface area contributed by atoms with Crippen LogP contribution in [0.4, 0.5) is 0 Å². The number of methoxy groups -OCH3 is 1. The van der Waals surface area contributed by atoms with Crippen molar-refractivity contribution < 1.29 is 9.53 Å². The normalized spacial score (nSPS) is 19.2. The third-order valence-electron chi connectivity index (χ3n) is 4.41. The molecule has 1 aromatic rings. The highest BCUT2D eigenvalue weighted by Crippen LogP contribution is 2.36. The fourth-order valence-corrected chi connectivity index (χ4v) is 3.24. The monoisotopic (exact) mass is 323 g/mol. The summed E-state index contributed by atoms with van der Waals surface area (Å²) >= 11 is 6.36. The van der Waals surface area contributed by atoms with Crippen molar-refractivity contribution in [3.8, 4) is 5.75 Å². The quantitative estimate of drug-likeness (QED) is 0.792. The number of halogens is 1. The van der Waals surface area contributed by atoms with Crippen LogP contribution >= 0.6 is 11.6 Å². The number of amides is 1. The zero-order chi connectivity index (χ0) is 16.5. The van der Waals surface area contributed by atoms with E-state index in [2.05, 4.69) is 27.7 Å². The molecule has 0 spiro atoms. The Morgan fingerprint density at radius 2 is 2.00 bits per heavy atom. The van der Waals surface area contributed by atoms with Crippen molar-refractivity contribution in [1.82, 2.24) is 4.90 Å². The lowest BCUT2D eigenvalue weighted by Gasteiger charge is -2.34. The second-order valence-corrected chi connectivity index (χ2v) is 7.54. The Kier molecular flexibility index (Phi) is 5.06. The second-order valence-electron chi connectivity index (χ2n) is 7.13. The van der Waals surface area contributed by atoms with Gasteiger partial charge in [0.1, 0.15) is 5.75 Å². The number of carbonyl (C=O) groups is 1. The number of piperidine rings is 1. The van der Waals surface area contributed by atoms with Gasteiger partial charge in [-0.3, -0.25) is 4.79 Å². The summed E-state index contributed by atoms with van der Waals surface area (Å²) in [6, 6.07) is 4.11. The van der Waals surface area contributed by atoms with Crippen molar-refractivity contribution in [3.05, 3.63) is 28.3 Å². The Balaban J connectivity index is 2.47. The molecule has 1 aliphatic rings. The van der Waals surface area contributed by atoms with Crippen molar-refractivity contribution in [1.29, 1.82) is 0 Å². The molecule has 1 aromatic carbocycles. The molecular weight excluding hydrogens is 298 g/mol. The lowest BCUT2D eigenvalue weighted by molar-refractivity contribution is 0.0632. The Morgan fingerprint density at radius 1 is 1.32 bits per heavy atom. The minimum atomic E-state index is -0.0710. The maximum Gasteiger partial charge on any atom is 0.257 e. The topological polar surface area (TPSA) is 29.5 Å². The largest absolute Gasteiger partial charge is 0.494 e. The minimum Gasteiger partial charge on any atom is -0.494 e. The average Bonchev–Trinajstić information content (AvgIpc) is 2.45. The first-order valence-electron chi connectivity index (χ1n) is 7.94. The predicted octanol–water partition coefficient (Wildman–Crippen LogP) is 4.66. The lowest BCUT2D eigenvalue weighted by atomic mass is 9.85. The van der Waals surface area contributed by atoms with Crippen LogP contribution in [0.25, 0.3) is 0 Å². The van der Waals surface area contributed by atoms with Gasteiger partial charge in [0, 0.05) is 12.6 Å². The lowest BCUT2D eigenvalue weighted by Crippen LogP contribution is -2.42. The number of nitrogens with zero attached hydrogens (tertiary/aromatic N) is 1. The van der Waals surface area contributed by atoms with E-state index in [1.54, 1.807) is 7.11 Å². The van der Waals surface area contributed by atoms with Crippen LogP contribution in [-0.2, 0) is 5.41 Å². The third-order valence-corrected chi connectivity index (χ3v) is 4.69. The SMILES string of the molecule is COc1c(Cl)cc(C(C)(C)C)cc1C(=O)N1CCCC[C@@H]1C. The molecule has 0 N–H and O–H groups in total. The van der Waals surface area contributed by atoms with Crippen molar-refractivity contribution in [3.63, 3.8) is 0 Å². The molecule has 1 atom stereocenters. The van der Waals surface area contributed by atoms with Crippen LogP contribution in [0.1, 0.15) is 62.9 Å². The molecular formula is C18H26ClNO2. The van der Waals surface area contributed by atoms with E-state index >= 15 is 0 Å². The van der Waals surface area contributed by atoms with Crippen LogP contribution in [-0.4, -0.2) is 30.5 Å². The first kappa shape index (κ1) is 17.1. The van der Waals surface area contributed by atoms with Gasteiger partial charge in [-0.25, -0.2) is 0 Å². The zero-order valence-corrected chi connectivity index (χ0v) is 15.0. The molecule has 122 valence electrons. The number of benzene rings is 1. The van der Waals surface area contributed by atoms with E-state index in [0.717, 1.165) is 24.9 Å². The van der Waals surface area contributed by atoms with Gasteiger partial charge in [-0.1, -0.05) is 32.4 Å². The summed E-state index contributed by atoms with van der Waals surface area (Å²) in [6.45, 7) is 9.26. The fourth-order valence-electron chi connectivity index (χ4n) is 2.95. The number of likely N-dealkylation sites (tertiary alicyclic amines) is 1. The van der Waals surface area contributed by atoms with Gasteiger partial charge in [-0.05, 0) is 49.3 Å². The highest BCUT2D eigenvalue weighted by molar-refractivity contribution is 6.32. The molecule has 1 saturated heterocycles. The van der Waals surface area contributed by atoms with E-state index in [-0.39, 0.29) is 17.4 Å². The average molecular weight is 324 g/mol. The van der Waals surface area contributed by atoms with Gasteiger partial charge < -0.3 is 9.64 Å². The molecule has 0 aromatic heterocycles. The molecule has 1 aliphatic heterocycles. The van der Waals surface area contributed by atoms with Crippen LogP contribution in [0.3, 0.4) is 0 Å². The molecule has 1 heterocycles. The molecule has 0 unspecified atom stereocenters. The third kappa shape index (κ3) is 3.40. The Labute approximate surface area is 138 Å². The van der Waals surface area contributed by atoms with Crippen LogP contribution < -0.4 is 4.74 Å². The number of hydrogen-bond acceptors (Lipinski definition) is 2. The number of rotatable bonds is 2. The molecule has 0 radical (unpaired) electrons. The van der Waals surface area contributed by atoms with Crippen molar-refractivity contribution in [2.45, 2.75) is 58.4 Å². The summed E-state index contributed by atoms with van der Waals surface area (Å²) in [5.74, 6) is 0.509. The summed E-state index contributed by atoms with van der Waals surface area (Å²) in [7, 11) is 1.56. The molecule has 3 nitrogen and oxygen atoms in total. The zero-order valence-electron chi connectivity index (χ0n) is 14.2. The Bertz CT molecular complexity index is 563. The maximum absolute atomic E-state index is 13.0. The minimum absolute atomic E-state index is 0.0250. The van der Waals surface area contributed by atoms with Crippen molar-refractivity contribution in [2.24, 2.45) is 0 Å². The highest BCUT2D eigenvalue weighted by Gasteiger charge is 2.29. The summed E-state index contributed by atoms with van der Waals surface area (Å²) in [6.07, 6.45) is 3.30. The number of ether oxygens (including phenoxy) is 1. The molecule has 1 fully saturated rings. The molecule has 0 saturated carbocycles. The predicted molar refractivity (Wildman–Crippen MR) is 91.1 cm³/mol. The maximum atomic E-state index is 13.0. The standard InChI is InChI=1S/C18H26ClNO2/c1-12-8-6-7-9-20(12)17(21)14-10-13(18(2,3)4)11-15(19)16(14)22-5/h10-12H,6-9H2,1-5H3/t12-/m0/s1. The summed E-state index contributed by atoms with van der Waals surface area (Å²) in [5.41, 5.74) is 1.55. The van der Waals surface area contributed by atoms with Gasteiger partial charge in [0.2, 0.25) is 0 Å². The van der Waals surface area contributed by atoms with Gasteiger partial charge >= 0.3 is 0 Å². The van der Waals surface area contributed by atoms with Gasteiger partial charge in [0.05, 0.1) is 17.7 Å². The fraction of sp³-hybridized carbons (Fsp3) is 0.611. The van der Waals surface area contributed by atoms with Crippen molar-refractivity contribution in [2.75, 3.05) is 13.7 Å². The van der Waals surface area contributed by atoms with Crippen LogP contribution in [0.5, 0.6) is 5.75 Å². The number of hydrogen-bond donors (Lipinski definition) is 0. The Hall–Kier alpha value is -1.22. The summed E-state index contributed by atoms with van der Waals surface area (Å²) in [4.78, 5) is 15.0. The Morgan fingerprint density at radius 3 is 2.55 bits per heavy atom. The van der Waals surface area contributed by atoms with Gasteiger partial charge in [0.25, 0.3) is 5.91 Å². The molecule has 4 heteroatoms. The molecule has 0 bridgehead atoms. The summed E-state index contributed by atoms with van der Waals surface area (Å²) < 4.78 is 5.41. The first-order valence-corrected chi connectivity index (χ1v) is 8.32. The first-order chi connectivity index (χ1) is 10.3.